The molecule has 0 heterocycles. The van der Waals surface area contributed by atoms with Crippen LogP contribution in [0.4, 0.5) is 0 Å². The second kappa shape index (κ2) is 8.56. The first kappa shape index (κ1) is 18.0. The highest BCUT2D eigenvalue weighted by Gasteiger charge is 2.24. The highest BCUT2D eigenvalue weighted by molar-refractivity contribution is 5.64. The molecule has 2 aromatic rings. The van der Waals surface area contributed by atoms with E-state index in [2.05, 4.69) is 50.2 Å². The fraction of sp³-hybridized carbons (Fsp3) is 0.500. The third kappa shape index (κ3) is 4.66. The van der Waals surface area contributed by atoms with Crippen molar-refractivity contribution in [3.63, 3.8) is 0 Å². The lowest BCUT2D eigenvalue weighted by Crippen LogP contribution is -2.21. The molecule has 1 saturated carbocycles. The van der Waals surface area contributed by atoms with Gasteiger partial charge in [-0.15, -0.1) is 0 Å². The van der Waals surface area contributed by atoms with E-state index in [1.165, 1.54) is 55.2 Å². The van der Waals surface area contributed by atoms with Crippen LogP contribution in [0, 0.1) is 17.8 Å². The van der Waals surface area contributed by atoms with Gasteiger partial charge in [-0.05, 0) is 65.8 Å². The molecule has 25 heavy (non-hydrogen) atoms. The second-order valence-electron chi connectivity index (χ2n) is 7.80. The summed E-state index contributed by atoms with van der Waals surface area (Å²) in [7, 11) is 1.71. The number of hydrogen-bond acceptors (Lipinski definition) is 1. The van der Waals surface area contributed by atoms with Gasteiger partial charge < -0.3 is 4.74 Å². The summed E-state index contributed by atoms with van der Waals surface area (Å²) >= 11 is 0. The van der Waals surface area contributed by atoms with E-state index in [-0.39, 0.29) is 0 Å². The number of hydrogen-bond donors (Lipinski definition) is 0. The summed E-state index contributed by atoms with van der Waals surface area (Å²) in [6.45, 7) is 4.80. The van der Waals surface area contributed by atoms with Crippen molar-refractivity contribution in [2.45, 2.75) is 52.4 Å². The molecule has 1 atom stereocenters. The molecular formula is C24H32O. The van der Waals surface area contributed by atoms with Crippen LogP contribution in [-0.2, 0) is 6.42 Å². The van der Waals surface area contributed by atoms with Gasteiger partial charge in [0.15, 0.2) is 0 Å². The van der Waals surface area contributed by atoms with E-state index >= 15 is 0 Å². The summed E-state index contributed by atoms with van der Waals surface area (Å²) in [4.78, 5) is 0. The highest BCUT2D eigenvalue weighted by Crippen LogP contribution is 2.36. The van der Waals surface area contributed by atoms with Gasteiger partial charge in [0, 0.05) is 0 Å². The van der Waals surface area contributed by atoms with Gasteiger partial charge in [0.05, 0.1) is 7.11 Å². The van der Waals surface area contributed by atoms with Crippen molar-refractivity contribution in [2.75, 3.05) is 7.11 Å². The fourth-order valence-corrected chi connectivity index (χ4v) is 4.32. The van der Waals surface area contributed by atoms with E-state index in [0.29, 0.717) is 0 Å². The topological polar surface area (TPSA) is 9.23 Å². The van der Waals surface area contributed by atoms with Crippen LogP contribution >= 0.6 is 0 Å². The predicted molar refractivity (Wildman–Crippen MR) is 107 cm³/mol. The lowest BCUT2D eigenvalue weighted by Gasteiger charge is -2.32. The Hall–Kier alpha value is -1.76. The van der Waals surface area contributed by atoms with E-state index in [1.54, 1.807) is 7.11 Å². The van der Waals surface area contributed by atoms with E-state index in [1.807, 2.05) is 12.1 Å². The number of rotatable bonds is 6. The van der Waals surface area contributed by atoms with Crippen molar-refractivity contribution in [3.8, 4) is 16.9 Å². The van der Waals surface area contributed by atoms with Gasteiger partial charge in [0.1, 0.15) is 5.75 Å². The van der Waals surface area contributed by atoms with Crippen LogP contribution in [0.25, 0.3) is 11.1 Å². The molecule has 3 rings (SSSR count). The van der Waals surface area contributed by atoms with Crippen LogP contribution < -0.4 is 4.74 Å². The number of methoxy groups -OCH3 is 1. The minimum Gasteiger partial charge on any atom is -0.497 e. The zero-order chi connectivity index (χ0) is 17.6. The predicted octanol–water partition coefficient (Wildman–Crippen LogP) is 6.76. The number of ether oxygens (including phenoxy) is 1. The molecule has 0 radical (unpaired) electrons. The third-order valence-corrected chi connectivity index (χ3v) is 6.21. The Morgan fingerprint density at radius 3 is 1.96 bits per heavy atom. The van der Waals surface area contributed by atoms with E-state index < -0.39 is 0 Å². The Kier molecular flexibility index (Phi) is 6.18. The van der Waals surface area contributed by atoms with E-state index in [9.17, 15) is 0 Å². The van der Waals surface area contributed by atoms with Crippen molar-refractivity contribution >= 4 is 0 Å². The summed E-state index contributed by atoms with van der Waals surface area (Å²) in [6.07, 6.45) is 8.34. The monoisotopic (exact) mass is 336 g/mol. The van der Waals surface area contributed by atoms with Crippen molar-refractivity contribution in [2.24, 2.45) is 17.8 Å². The van der Waals surface area contributed by atoms with E-state index in [0.717, 1.165) is 23.5 Å². The summed E-state index contributed by atoms with van der Waals surface area (Å²) in [5.74, 6) is 3.62. The van der Waals surface area contributed by atoms with Crippen LogP contribution in [0.1, 0.15) is 51.5 Å². The first-order chi connectivity index (χ1) is 12.2. The molecule has 1 fully saturated rings. The van der Waals surface area contributed by atoms with Crippen molar-refractivity contribution < 1.29 is 4.74 Å². The standard InChI is InChI=1S/C24H32O/c1-4-19-5-9-21(10-6-19)18(2)17-20-7-11-22(12-8-20)23-13-15-24(25-3)16-14-23/h7-8,11-16,18-19,21H,4-6,9-10,17H2,1-3H3. The summed E-state index contributed by atoms with van der Waals surface area (Å²) in [6, 6.07) is 17.5. The smallest absolute Gasteiger partial charge is 0.118 e. The second-order valence-corrected chi connectivity index (χ2v) is 7.80. The minimum atomic E-state index is 0.796. The molecule has 1 heteroatoms. The van der Waals surface area contributed by atoms with Gasteiger partial charge in [0.2, 0.25) is 0 Å². The minimum absolute atomic E-state index is 0.796. The zero-order valence-corrected chi connectivity index (χ0v) is 16.0. The molecule has 1 aliphatic carbocycles. The van der Waals surface area contributed by atoms with Crippen LogP contribution in [-0.4, -0.2) is 7.11 Å². The first-order valence-corrected chi connectivity index (χ1v) is 9.93. The van der Waals surface area contributed by atoms with Gasteiger partial charge >= 0.3 is 0 Å². The van der Waals surface area contributed by atoms with E-state index in [4.69, 9.17) is 4.74 Å². The molecule has 1 nitrogen and oxygen atoms in total. The molecule has 0 N–H and O–H groups in total. The maximum atomic E-state index is 5.24. The Bertz CT molecular complexity index is 633. The fourth-order valence-electron chi connectivity index (χ4n) is 4.32. The first-order valence-electron chi connectivity index (χ1n) is 9.93. The van der Waals surface area contributed by atoms with Crippen molar-refractivity contribution in [3.05, 3.63) is 54.1 Å². The zero-order valence-electron chi connectivity index (χ0n) is 16.0. The molecule has 2 aromatic carbocycles. The van der Waals surface area contributed by atoms with Gasteiger partial charge in [-0.2, -0.15) is 0 Å². The van der Waals surface area contributed by atoms with Crippen LogP contribution in [0.2, 0.25) is 0 Å². The molecule has 0 aromatic heterocycles. The quantitative estimate of drug-likeness (QED) is 0.566. The van der Waals surface area contributed by atoms with Crippen LogP contribution in [0.5, 0.6) is 5.75 Å². The molecule has 0 amide bonds. The van der Waals surface area contributed by atoms with Gasteiger partial charge in [-0.3, -0.25) is 0 Å². The molecule has 134 valence electrons. The summed E-state index contributed by atoms with van der Waals surface area (Å²) in [5, 5.41) is 0. The summed E-state index contributed by atoms with van der Waals surface area (Å²) < 4.78 is 5.24. The molecule has 0 spiro atoms. The highest BCUT2D eigenvalue weighted by atomic mass is 16.5. The SMILES string of the molecule is CCC1CCC(C(C)Cc2ccc(-c3ccc(OC)cc3)cc2)CC1. The van der Waals surface area contributed by atoms with Crippen LogP contribution in [0.15, 0.2) is 48.5 Å². The summed E-state index contributed by atoms with van der Waals surface area (Å²) in [5.41, 5.74) is 4.00. The molecule has 0 aliphatic heterocycles. The van der Waals surface area contributed by atoms with Crippen LogP contribution in [0.3, 0.4) is 0 Å². The molecule has 1 aliphatic rings. The Balaban J connectivity index is 1.58. The molecule has 0 saturated heterocycles. The Labute approximate surface area is 153 Å². The largest absolute Gasteiger partial charge is 0.497 e. The average Bonchev–Trinajstić information content (AvgIpc) is 2.68. The lowest BCUT2D eigenvalue weighted by atomic mass is 9.74. The Morgan fingerprint density at radius 2 is 1.44 bits per heavy atom. The van der Waals surface area contributed by atoms with Gasteiger partial charge in [-0.1, -0.05) is 69.5 Å². The third-order valence-electron chi connectivity index (χ3n) is 6.21. The van der Waals surface area contributed by atoms with Crippen molar-refractivity contribution in [1.29, 1.82) is 0 Å². The lowest BCUT2D eigenvalue weighted by molar-refractivity contribution is 0.210. The maximum Gasteiger partial charge on any atom is 0.118 e. The van der Waals surface area contributed by atoms with Gasteiger partial charge in [-0.25, -0.2) is 0 Å². The molecule has 1 unspecified atom stereocenters. The Morgan fingerprint density at radius 1 is 0.880 bits per heavy atom. The normalized spacial score (nSPS) is 21.7. The maximum absolute atomic E-state index is 5.24. The van der Waals surface area contributed by atoms with Gasteiger partial charge in [0.25, 0.3) is 0 Å². The average molecular weight is 337 g/mol. The number of benzene rings is 2. The molecule has 0 bridgehead atoms. The van der Waals surface area contributed by atoms with Crippen molar-refractivity contribution in [1.82, 2.24) is 0 Å². The molecular weight excluding hydrogens is 304 g/mol.